The zero-order chi connectivity index (χ0) is 12.3. The Morgan fingerprint density at radius 3 is 2.53 bits per heavy atom. The largest absolute Gasteiger partial charge is 0.369 e. The van der Waals surface area contributed by atoms with Gasteiger partial charge >= 0.3 is 0 Å². The molecule has 0 aromatic heterocycles. The highest BCUT2D eigenvalue weighted by Gasteiger charge is 2.16. The van der Waals surface area contributed by atoms with Crippen molar-refractivity contribution in [2.45, 2.75) is 13.3 Å². The number of rotatable bonds is 3. The highest BCUT2D eigenvalue weighted by molar-refractivity contribution is 5.55. The fourth-order valence-corrected chi connectivity index (χ4v) is 2.43. The van der Waals surface area contributed by atoms with Gasteiger partial charge in [0.2, 0.25) is 0 Å². The summed E-state index contributed by atoms with van der Waals surface area (Å²) < 4.78 is 0. The van der Waals surface area contributed by atoms with E-state index in [9.17, 15) is 0 Å². The van der Waals surface area contributed by atoms with Crippen molar-refractivity contribution in [1.29, 1.82) is 0 Å². The first kappa shape index (κ1) is 12.4. The van der Waals surface area contributed by atoms with Crippen LogP contribution >= 0.6 is 0 Å². The van der Waals surface area contributed by atoms with E-state index in [1.165, 1.54) is 16.8 Å². The molecule has 1 saturated heterocycles. The van der Waals surface area contributed by atoms with Gasteiger partial charge < -0.3 is 15.5 Å². The maximum absolute atomic E-state index is 5.70. The van der Waals surface area contributed by atoms with Gasteiger partial charge in [-0.15, -0.1) is 0 Å². The third kappa shape index (κ3) is 2.99. The Labute approximate surface area is 104 Å². The summed E-state index contributed by atoms with van der Waals surface area (Å²) in [5, 5.41) is 0. The molecule has 1 fully saturated rings. The van der Waals surface area contributed by atoms with Crippen LogP contribution in [0.15, 0.2) is 18.2 Å². The molecule has 1 aromatic rings. The van der Waals surface area contributed by atoms with Gasteiger partial charge in [-0.05, 0) is 38.6 Å². The van der Waals surface area contributed by atoms with Crippen molar-refractivity contribution in [1.82, 2.24) is 4.90 Å². The summed E-state index contributed by atoms with van der Waals surface area (Å²) in [6.07, 6.45) is 0.976. The summed E-state index contributed by atoms with van der Waals surface area (Å²) in [5.41, 5.74) is 9.81. The standard InChI is InChI=1S/C14H23N3/c1-12-3-4-14(13(11-12)5-6-15)17-9-7-16(2)8-10-17/h3-4,11H,5-10,15H2,1-2H3. The van der Waals surface area contributed by atoms with Crippen molar-refractivity contribution in [2.75, 3.05) is 44.7 Å². The molecule has 1 aliphatic heterocycles. The number of benzene rings is 1. The van der Waals surface area contributed by atoms with Crippen LogP contribution in [0.3, 0.4) is 0 Å². The summed E-state index contributed by atoms with van der Waals surface area (Å²) in [6, 6.07) is 6.74. The molecule has 2 N–H and O–H groups in total. The zero-order valence-electron chi connectivity index (χ0n) is 10.9. The van der Waals surface area contributed by atoms with Crippen LogP contribution in [0.25, 0.3) is 0 Å². The van der Waals surface area contributed by atoms with Crippen LogP contribution in [0, 0.1) is 6.92 Å². The van der Waals surface area contributed by atoms with Gasteiger partial charge in [-0.2, -0.15) is 0 Å². The molecule has 17 heavy (non-hydrogen) atoms. The maximum atomic E-state index is 5.70. The third-order valence-electron chi connectivity index (χ3n) is 3.49. The Hall–Kier alpha value is -1.06. The lowest BCUT2D eigenvalue weighted by atomic mass is 10.0. The van der Waals surface area contributed by atoms with Crippen molar-refractivity contribution in [3.63, 3.8) is 0 Å². The maximum Gasteiger partial charge on any atom is 0.0400 e. The smallest absolute Gasteiger partial charge is 0.0400 e. The number of likely N-dealkylation sites (N-methyl/N-ethyl adjacent to an activating group) is 1. The molecule has 0 amide bonds. The van der Waals surface area contributed by atoms with Crippen LogP contribution in [0.4, 0.5) is 5.69 Å². The van der Waals surface area contributed by atoms with E-state index in [1.54, 1.807) is 0 Å². The number of aryl methyl sites for hydroxylation is 1. The van der Waals surface area contributed by atoms with E-state index in [4.69, 9.17) is 5.73 Å². The predicted molar refractivity (Wildman–Crippen MR) is 73.6 cm³/mol. The normalized spacial score (nSPS) is 17.5. The van der Waals surface area contributed by atoms with E-state index in [-0.39, 0.29) is 0 Å². The molecule has 94 valence electrons. The van der Waals surface area contributed by atoms with E-state index in [0.717, 1.165) is 39.1 Å². The Bertz CT molecular complexity index is 368. The molecule has 3 heteroatoms. The van der Waals surface area contributed by atoms with Crippen LogP contribution in [0.5, 0.6) is 0 Å². The van der Waals surface area contributed by atoms with Gasteiger partial charge in [0, 0.05) is 31.9 Å². The number of hydrogen-bond donors (Lipinski definition) is 1. The van der Waals surface area contributed by atoms with Gasteiger partial charge in [0.1, 0.15) is 0 Å². The van der Waals surface area contributed by atoms with Crippen molar-refractivity contribution in [3.8, 4) is 0 Å². The monoisotopic (exact) mass is 233 g/mol. The zero-order valence-corrected chi connectivity index (χ0v) is 10.9. The molecule has 0 atom stereocenters. The van der Waals surface area contributed by atoms with Gasteiger partial charge in [0.15, 0.2) is 0 Å². The van der Waals surface area contributed by atoms with Crippen LogP contribution in [-0.2, 0) is 6.42 Å². The minimum atomic E-state index is 0.726. The fraction of sp³-hybridized carbons (Fsp3) is 0.571. The lowest BCUT2D eigenvalue weighted by Crippen LogP contribution is -2.44. The average Bonchev–Trinajstić information content (AvgIpc) is 2.31. The molecule has 1 aliphatic rings. The number of nitrogens with two attached hydrogens (primary N) is 1. The molecule has 0 aliphatic carbocycles. The number of hydrogen-bond acceptors (Lipinski definition) is 3. The minimum Gasteiger partial charge on any atom is -0.369 e. The first-order valence-corrected chi connectivity index (χ1v) is 6.44. The fourth-order valence-electron chi connectivity index (χ4n) is 2.43. The summed E-state index contributed by atoms with van der Waals surface area (Å²) in [7, 11) is 2.19. The van der Waals surface area contributed by atoms with E-state index in [0.29, 0.717) is 0 Å². The molecule has 2 rings (SSSR count). The lowest BCUT2D eigenvalue weighted by molar-refractivity contribution is 0.312. The lowest BCUT2D eigenvalue weighted by Gasteiger charge is -2.35. The van der Waals surface area contributed by atoms with Crippen LogP contribution in [-0.4, -0.2) is 44.7 Å². The molecule has 0 radical (unpaired) electrons. The quantitative estimate of drug-likeness (QED) is 0.853. The molecule has 1 heterocycles. The highest BCUT2D eigenvalue weighted by atomic mass is 15.2. The second-order valence-electron chi connectivity index (χ2n) is 4.96. The van der Waals surface area contributed by atoms with Crippen molar-refractivity contribution in [2.24, 2.45) is 5.73 Å². The van der Waals surface area contributed by atoms with Gasteiger partial charge in [0.05, 0.1) is 0 Å². The van der Waals surface area contributed by atoms with Gasteiger partial charge in [-0.25, -0.2) is 0 Å². The van der Waals surface area contributed by atoms with Crippen LogP contribution in [0.1, 0.15) is 11.1 Å². The van der Waals surface area contributed by atoms with Crippen LogP contribution < -0.4 is 10.6 Å². The first-order valence-electron chi connectivity index (χ1n) is 6.44. The summed E-state index contributed by atoms with van der Waals surface area (Å²) in [6.45, 7) is 7.41. The summed E-state index contributed by atoms with van der Waals surface area (Å²) >= 11 is 0. The summed E-state index contributed by atoms with van der Waals surface area (Å²) in [4.78, 5) is 4.87. The summed E-state index contributed by atoms with van der Waals surface area (Å²) in [5.74, 6) is 0. The molecule has 0 spiro atoms. The van der Waals surface area contributed by atoms with Gasteiger partial charge in [-0.3, -0.25) is 0 Å². The van der Waals surface area contributed by atoms with E-state index >= 15 is 0 Å². The van der Waals surface area contributed by atoms with Crippen LogP contribution in [0.2, 0.25) is 0 Å². The highest BCUT2D eigenvalue weighted by Crippen LogP contribution is 2.23. The second-order valence-corrected chi connectivity index (χ2v) is 4.96. The number of anilines is 1. The second kappa shape index (κ2) is 5.52. The Balaban J connectivity index is 2.18. The van der Waals surface area contributed by atoms with Gasteiger partial charge in [-0.1, -0.05) is 17.7 Å². The molecule has 3 nitrogen and oxygen atoms in total. The predicted octanol–water partition coefficient (Wildman–Crippen LogP) is 1.25. The third-order valence-corrected chi connectivity index (χ3v) is 3.49. The van der Waals surface area contributed by atoms with E-state index < -0.39 is 0 Å². The van der Waals surface area contributed by atoms with Gasteiger partial charge in [0.25, 0.3) is 0 Å². The first-order chi connectivity index (χ1) is 8.20. The molecular weight excluding hydrogens is 210 g/mol. The van der Waals surface area contributed by atoms with Crippen molar-refractivity contribution < 1.29 is 0 Å². The number of piperazine rings is 1. The molecule has 0 bridgehead atoms. The Morgan fingerprint density at radius 2 is 1.88 bits per heavy atom. The molecule has 1 aromatic carbocycles. The van der Waals surface area contributed by atoms with Crippen molar-refractivity contribution >= 4 is 5.69 Å². The molecule has 0 unspecified atom stereocenters. The Kier molecular flexibility index (Phi) is 4.02. The molecular formula is C14H23N3. The average molecular weight is 233 g/mol. The topological polar surface area (TPSA) is 32.5 Å². The Morgan fingerprint density at radius 1 is 1.18 bits per heavy atom. The molecule has 0 saturated carbocycles. The van der Waals surface area contributed by atoms with E-state index in [1.807, 2.05) is 0 Å². The van der Waals surface area contributed by atoms with E-state index in [2.05, 4.69) is 42.0 Å². The number of nitrogens with zero attached hydrogens (tertiary/aromatic N) is 2. The minimum absolute atomic E-state index is 0.726. The SMILES string of the molecule is Cc1ccc(N2CCN(C)CC2)c(CCN)c1. The van der Waals surface area contributed by atoms with Crippen molar-refractivity contribution in [3.05, 3.63) is 29.3 Å².